The van der Waals surface area contributed by atoms with Gasteiger partial charge in [0.2, 0.25) is 5.95 Å². The standard InChI is InChI=1S/C63H34N4O3/c1-2-13-39-35(12-1)27-31-53-57(39)49-30-24-36(32-56(49)70-53)40-20-11-21-50-58-47-18-5-3-14-41(47)42-15-4-6-19-48(42)60(58)67(59(40)50)63-65-61(37-25-28-45-43-16-7-9-22-51(43)68-54(45)33-37)64-62(66-63)38-26-29-46-44-17-8-10-23-52(44)69-55(46)34-38/h1-34H. The summed E-state index contributed by atoms with van der Waals surface area (Å²) in [6.45, 7) is 0. The Morgan fingerprint density at radius 1 is 0.286 bits per heavy atom. The Bertz CT molecular complexity index is 4780. The van der Waals surface area contributed by atoms with Crippen molar-refractivity contribution in [1.29, 1.82) is 0 Å². The van der Waals surface area contributed by atoms with E-state index in [4.69, 9.17) is 28.2 Å². The Morgan fingerprint density at radius 3 is 1.49 bits per heavy atom. The first-order chi connectivity index (χ1) is 34.7. The summed E-state index contributed by atoms with van der Waals surface area (Å²) in [5.74, 6) is 1.51. The van der Waals surface area contributed by atoms with Crippen molar-refractivity contribution in [2.24, 2.45) is 0 Å². The van der Waals surface area contributed by atoms with Crippen LogP contribution in [0.3, 0.4) is 0 Å². The molecule has 0 radical (unpaired) electrons. The minimum absolute atomic E-state index is 0.485. The van der Waals surface area contributed by atoms with E-state index in [1.807, 2.05) is 48.5 Å². The number of nitrogens with zero attached hydrogens (tertiary/aromatic N) is 4. The summed E-state index contributed by atoms with van der Waals surface area (Å²) in [6.07, 6.45) is 0. The van der Waals surface area contributed by atoms with Gasteiger partial charge in [-0.25, -0.2) is 4.98 Å². The van der Waals surface area contributed by atoms with Gasteiger partial charge in [-0.15, -0.1) is 0 Å². The van der Waals surface area contributed by atoms with Crippen LogP contribution in [0.4, 0.5) is 0 Å². The van der Waals surface area contributed by atoms with E-state index >= 15 is 0 Å². The number of rotatable bonds is 4. The quantitative estimate of drug-likeness (QED) is 0.164. The van der Waals surface area contributed by atoms with Crippen molar-refractivity contribution in [1.82, 2.24) is 19.5 Å². The van der Waals surface area contributed by atoms with Crippen LogP contribution in [0.15, 0.2) is 220 Å². The summed E-state index contributed by atoms with van der Waals surface area (Å²) in [6, 6.07) is 72.1. The van der Waals surface area contributed by atoms with Crippen molar-refractivity contribution in [2.45, 2.75) is 0 Å². The van der Waals surface area contributed by atoms with E-state index in [1.165, 1.54) is 16.2 Å². The van der Waals surface area contributed by atoms with Gasteiger partial charge in [-0.1, -0.05) is 152 Å². The van der Waals surface area contributed by atoms with Gasteiger partial charge in [0.1, 0.15) is 33.5 Å². The first kappa shape index (κ1) is 37.5. The second-order valence-electron chi connectivity index (χ2n) is 18.2. The van der Waals surface area contributed by atoms with Crippen molar-refractivity contribution >= 4 is 120 Å². The van der Waals surface area contributed by atoms with Crippen LogP contribution in [0.2, 0.25) is 0 Å². The lowest BCUT2D eigenvalue weighted by atomic mass is 9.95. The third kappa shape index (κ3) is 5.25. The molecule has 0 unspecified atom stereocenters. The molecule has 0 amide bonds. The first-order valence-corrected chi connectivity index (χ1v) is 23.5. The largest absolute Gasteiger partial charge is 0.456 e. The van der Waals surface area contributed by atoms with E-state index in [0.717, 1.165) is 126 Å². The van der Waals surface area contributed by atoms with Crippen LogP contribution in [-0.4, -0.2) is 19.5 Å². The SMILES string of the molecule is c1ccc2c(c1)ccc1oc3cc(-c4cccc5c6c7ccccc7c7ccccc7c6n(-c6nc(-c7ccc8c(c7)oc7ccccc78)nc(-c7ccc8c(c7)oc7ccccc78)n6)c45)ccc3c12. The highest BCUT2D eigenvalue weighted by molar-refractivity contribution is 6.33. The molecule has 7 nitrogen and oxygen atoms in total. The molecule has 0 fully saturated rings. The molecule has 0 aliphatic rings. The molecule has 7 heteroatoms. The fourth-order valence-electron chi connectivity index (χ4n) is 11.3. The van der Waals surface area contributed by atoms with Gasteiger partial charge in [-0.3, -0.25) is 4.57 Å². The van der Waals surface area contributed by atoms with Crippen molar-refractivity contribution in [3.05, 3.63) is 206 Å². The molecule has 0 bridgehead atoms. The van der Waals surface area contributed by atoms with E-state index in [-0.39, 0.29) is 0 Å². The fraction of sp³-hybridized carbons (Fsp3) is 0. The Balaban J connectivity index is 1.02. The van der Waals surface area contributed by atoms with E-state index in [0.29, 0.717) is 17.6 Å². The number of para-hydroxylation sites is 3. The number of hydrogen-bond acceptors (Lipinski definition) is 6. The summed E-state index contributed by atoms with van der Waals surface area (Å²) in [7, 11) is 0. The number of hydrogen-bond donors (Lipinski definition) is 0. The minimum Gasteiger partial charge on any atom is -0.456 e. The summed E-state index contributed by atoms with van der Waals surface area (Å²) in [5, 5.41) is 15.5. The maximum absolute atomic E-state index is 6.70. The molecule has 0 saturated heterocycles. The molecule has 70 heavy (non-hydrogen) atoms. The van der Waals surface area contributed by atoms with Crippen molar-refractivity contribution < 1.29 is 13.3 Å². The predicted molar refractivity (Wildman–Crippen MR) is 285 cm³/mol. The number of aromatic nitrogens is 4. The predicted octanol–water partition coefficient (Wildman–Crippen LogP) is 17.1. The molecule has 0 aliphatic carbocycles. The maximum atomic E-state index is 6.70. The molecule has 11 aromatic carbocycles. The highest BCUT2D eigenvalue weighted by atomic mass is 16.3. The lowest BCUT2D eigenvalue weighted by Crippen LogP contribution is -2.07. The van der Waals surface area contributed by atoms with E-state index in [2.05, 4.69) is 162 Å². The molecule has 0 spiro atoms. The van der Waals surface area contributed by atoms with Gasteiger partial charge in [0, 0.05) is 65.2 Å². The summed E-state index contributed by atoms with van der Waals surface area (Å²) in [5.41, 5.74) is 10.5. The zero-order valence-corrected chi connectivity index (χ0v) is 37.1. The fourth-order valence-corrected chi connectivity index (χ4v) is 11.3. The van der Waals surface area contributed by atoms with Crippen LogP contribution in [0, 0.1) is 0 Å². The molecular formula is C63H34N4O3. The second kappa shape index (κ2) is 14.0. The Hall–Kier alpha value is -9.59. The lowest BCUT2D eigenvalue weighted by molar-refractivity contribution is 0.668. The monoisotopic (exact) mass is 894 g/mol. The smallest absolute Gasteiger partial charge is 0.238 e. The van der Waals surface area contributed by atoms with Crippen LogP contribution in [-0.2, 0) is 0 Å². The lowest BCUT2D eigenvalue weighted by Gasteiger charge is -2.14. The molecule has 0 aliphatic heterocycles. The molecule has 5 heterocycles. The van der Waals surface area contributed by atoms with Gasteiger partial charge in [-0.05, 0) is 87.1 Å². The van der Waals surface area contributed by atoms with Crippen molar-refractivity contribution in [3.8, 4) is 39.9 Å². The van der Waals surface area contributed by atoms with Gasteiger partial charge in [0.05, 0.1) is 11.0 Å². The molecule has 16 rings (SSSR count). The Kier molecular flexibility index (Phi) is 7.49. The molecule has 5 aromatic heterocycles. The van der Waals surface area contributed by atoms with Crippen molar-refractivity contribution in [2.75, 3.05) is 0 Å². The van der Waals surface area contributed by atoms with Crippen LogP contribution in [0.25, 0.3) is 160 Å². The molecule has 16 aromatic rings. The third-order valence-electron chi connectivity index (χ3n) is 14.4. The van der Waals surface area contributed by atoms with Crippen molar-refractivity contribution in [3.63, 3.8) is 0 Å². The summed E-state index contributed by atoms with van der Waals surface area (Å²) in [4.78, 5) is 16.3. The number of furan rings is 3. The van der Waals surface area contributed by atoms with E-state index in [1.54, 1.807) is 0 Å². The van der Waals surface area contributed by atoms with Gasteiger partial charge >= 0.3 is 0 Å². The topological polar surface area (TPSA) is 83.0 Å². The molecule has 0 atom stereocenters. The maximum Gasteiger partial charge on any atom is 0.238 e. The zero-order valence-electron chi connectivity index (χ0n) is 37.1. The Morgan fingerprint density at radius 2 is 0.786 bits per heavy atom. The molecule has 324 valence electrons. The minimum atomic E-state index is 0.485. The molecule has 0 saturated carbocycles. The average molecular weight is 895 g/mol. The van der Waals surface area contributed by atoms with Crippen LogP contribution >= 0.6 is 0 Å². The van der Waals surface area contributed by atoms with Gasteiger partial charge in [0.15, 0.2) is 11.6 Å². The van der Waals surface area contributed by atoms with Crippen LogP contribution in [0.5, 0.6) is 0 Å². The third-order valence-corrected chi connectivity index (χ3v) is 14.4. The second-order valence-corrected chi connectivity index (χ2v) is 18.2. The molecular weight excluding hydrogens is 861 g/mol. The average Bonchev–Trinajstić information content (AvgIpc) is 4.19. The number of benzene rings is 11. The number of fused-ring (bicyclic) bond motifs is 19. The van der Waals surface area contributed by atoms with Crippen LogP contribution < -0.4 is 0 Å². The summed E-state index contributed by atoms with van der Waals surface area (Å²) < 4.78 is 21.9. The summed E-state index contributed by atoms with van der Waals surface area (Å²) >= 11 is 0. The van der Waals surface area contributed by atoms with Gasteiger partial charge in [-0.2, -0.15) is 9.97 Å². The Labute approximate surface area is 397 Å². The normalized spacial score (nSPS) is 12.3. The highest BCUT2D eigenvalue weighted by Crippen LogP contribution is 2.46. The van der Waals surface area contributed by atoms with Gasteiger partial charge in [0.25, 0.3) is 0 Å². The zero-order chi connectivity index (χ0) is 45.6. The first-order valence-electron chi connectivity index (χ1n) is 23.5. The van der Waals surface area contributed by atoms with E-state index < -0.39 is 0 Å². The molecule has 0 N–H and O–H groups in total. The highest BCUT2D eigenvalue weighted by Gasteiger charge is 2.25. The van der Waals surface area contributed by atoms with Gasteiger partial charge < -0.3 is 13.3 Å². The van der Waals surface area contributed by atoms with E-state index in [9.17, 15) is 0 Å². The van der Waals surface area contributed by atoms with Crippen LogP contribution in [0.1, 0.15) is 0 Å².